The number of hydrogen-bond donors (Lipinski definition) is 0. The molecule has 150 valence electrons. The van der Waals surface area contributed by atoms with Gasteiger partial charge in [-0.3, -0.25) is 0 Å². The third kappa shape index (κ3) is 5.81. The van der Waals surface area contributed by atoms with Gasteiger partial charge >= 0.3 is 0 Å². The van der Waals surface area contributed by atoms with Crippen molar-refractivity contribution in [1.82, 2.24) is 4.90 Å². The Labute approximate surface area is 183 Å². The van der Waals surface area contributed by atoms with Crippen LogP contribution in [0, 0.1) is 0 Å². The molecule has 0 aliphatic rings. The molecule has 0 aliphatic heterocycles. The molecule has 3 aromatic rings. The van der Waals surface area contributed by atoms with Crippen LogP contribution in [0.25, 0.3) is 11.1 Å². The van der Waals surface area contributed by atoms with E-state index in [9.17, 15) is 0 Å². The van der Waals surface area contributed by atoms with E-state index in [2.05, 4.69) is 121 Å². The predicted octanol–water partition coefficient (Wildman–Crippen LogP) is 6.76. The van der Waals surface area contributed by atoms with E-state index in [1.807, 2.05) is 0 Å². The third-order valence-electron chi connectivity index (χ3n) is 4.84. The maximum absolute atomic E-state index is 5.88. The lowest BCUT2D eigenvalue weighted by molar-refractivity contribution is 0.261. The molecular formula is C26H28BrNO. The lowest BCUT2D eigenvalue weighted by Gasteiger charge is -2.17. The van der Waals surface area contributed by atoms with E-state index >= 15 is 0 Å². The van der Waals surface area contributed by atoms with Gasteiger partial charge in [-0.15, -0.1) is 0 Å². The summed E-state index contributed by atoms with van der Waals surface area (Å²) in [6.45, 7) is 3.81. The fourth-order valence-electron chi connectivity index (χ4n) is 3.39. The molecular weight excluding hydrogens is 422 g/mol. The molecule has 0 aliphatic carbocycles. The summed E-state index contributed by atoms with van der Waals surface area (Å²) >= 11 is 3.64. The predicted molar refractivity (Wildman–Crippen MR) is 127 cm³/mol. The lowest BCUT2D eigenvalue weighted by Crippen LogP contribution is -2.19. The van der Waals surface area contributed by atoms with E-state index < -0.39 is 0 Å². The third-order valence-corrected chi connectivity index (χ3v) is 5.33. The average molecular weight is 450 g/mol. The fraction of sp³-hybridized carbons (Fsp3) is 0.231. The zero-order chi connectivity index (χ0) is 20.6. The summed E-state index contributed by atoms with van der Waals surface area (Å²) in [6, 6.07) is 27.7. The number of likely N-dealkylation sites (N-methyl/N-ethyl adjacent to an activating group) is 1. The average Bonchev–Trinajstić information content (AvgIpc) is 2.73. The van der Waals surface area contributed by atoms with Gasteiger partial charge in [0.1, 0.15) is 12.4 Å². The Hall–Kier alpha value is -2.36. The standard InChI is InChI=1S/C26H28BrNO/c1-4-25(20-9-6-5-7-10-20)26(22-11-8-12-23(27)19-22)21-13-15-24(16-14-21)29-18-17-28(2)3/h5-16,19H,4,17-18H2,1-3H3. The molecule has 2 nitrogen and oxygen atoms in total. The topological polar surface area (TPSA) is 12.5 Å². The van der Waals surface area contributed by atoms with Gasteiger partial charge in [0.15, 0.2) is 0 Å². The molecule has 0 spiro atoms. The molecule has 0 heterocycles. The highest BCUT2D eigenvalue weighted by molar-refractivity contribution is 9.10. The maximum atomic E-state index is 5.88. The van der Waals surface area contributed by atoms with Crippen molar-refractivity contribution in [2.24, 2.45) is 0 Å². The zero-order valence-corrected chi connectivity index (χ0v) is 18.9. The van der Waals surface area contributed by atoms with Crippen molar-refractivity contribution < 1.29 is 4.74 Å². The van der Waals surface area contributed by atoms with Gasteiger partial charge in [-0.25, -0.2) is 0 Å². The second kappa shape index (κ2) is 10.4. The largest absolute Gasteiger partial charge is 0.492 e. The summed E-state index contributed by atoms with van der Waals surface area (Å²) in [5, 5.41) is 0. The zero-order valence-electron chi connectivity index (χ0n) is 17.4. The van der Waals surface area contributed by atoms with Gasteiger partial charge in [-0.1, -0.05) is 77.5 Å². The molecule has 0 N–H and O–H groups in total. The van der Waals surface area contributed by atoms with E-state index in [1.165, 1.54) is 27.8 Å². The summed E-state index contributed by atoms with van der Waals surface area (Å²) in [5.74, 6) is 0.905. The number of allylic oxidation sites excluding steroid dienone is 1. The van der Waals surface area contributed by atoms with Crippen LogP contribution in [0.1, 0.15) is 30.0 Å². The van der Waals surface area contributed by atoms with Gasteiger partial charge in [0.2, 0.25) is 0 Å². The van der Waals surface area contributed by atoms with Crippen LogP contribution < -0.4 is 4.74 Å². The maximum Gasteiger partial charge on any atom is 0.119 e. The van der Waals surface area contributed by atoms with Gasteiger partial charge in [0.25, 0.3) is 0 Å². The Bertz CT molecular complexity index is 946. The van der Waals surface area contributed by atoms with Crippen molar-refractivity contribution in [3.8, 4) is 5.75 Å². The van der Waals surface area contributed by atoms with Crippen LogP contribution in [0.4, 0.5) is 0 Å². The summed E-state index contributed by atoms with van der Waals surface area (Å²) in [7, 11) is 4.11. The SMILES string of the molecule is CCC(=C(c1ccc(OCCN(C)C)cc1)c1cccc(Br)c1)c1ccccc1. The lowest BCUT2D eigenvalue weighted by atomic mass is 9.88. The van der Waals surface area contributed by atoms with Crippen molar-refractivity contribution in [1.29, 1.82) is 0 Å². The molecule has 3 aromatic carbocycles. The minimum Gasteiger partial charge on any atom is -0.492 e. The van der Waals surface area contributed by atoms with Gasteiger partial charge < -0.3 is 9.64 Å². The van der Waals surface area contributed by atoms with Crippen LogP contribution in [0.5, 0.6) is 5.75 Å². The van der Waals surface area contributed by atoms with Crippen LogP contribution in [-0.4, -0.2) is 32.1 Å². The number of ether oxygens (including phenoxy) is 1. The Morgan fingerprint density at radius 2 is 1.52 bits per heavy atom. The summed E-state index contributed by atoms with van der Waals surface area (Å²) in [5.41, 5.74) is 6.27. The first-order valence-electron chi connectivity index (χ1n) is 10.0. The van der Waals surface area contributed by atoms with E-state index in [1.54, 1.807) is 0 Å². The van der Waals surface area contributed by atoms with Gasteiger partial charge in [0, 0.05) is 11.0 Å². The number of nitrogens with zero attached hydrogens (tertiary/aromatic N) is 1. The molecule has 29 heavy (non-hydrogen) atoms. The quantitative estimate of drug-likeness (QED) is 0.352. The molecule has 0 atom stereocenters. The molecule has 0 unspecified atom stereocenters. The molecule has 0 saturated heterocycles. The van der Waals surface area contributed by atoms with Crippen LogP contribution >= 0.6 is 15.9 Å². The summed E-state index contributed by atoms with van der Waals surface area (Å²) in [6.07, 6.45) is 0.951. The molecule has 0 bridgehead atoms. The highest BCUT2D eigenvalue weighted by Crippen LogP contribution is 2.35. The van der Waals surface area contributed by atoms with E-state index in [-0.39, 0.29) is 0 Å². The van der Waals surface area contributed by atoms with Crippen molar-refractivity contribution in [3.63, 3.8) is 0 Å². The van der Waals surface area contributed by atoms with Crippen LogP contribution in [0.3, 0.4) is 0 Å². The number of halogens is 1. The molecule has 0 amide bonds. The molecule has 0 saturated carbocycles. The minimum atomic E-state index is 0.685. The Morgan fingerprint density at radius 3 is 2.14 bits per heavy atom. The van der Waals surface area contributed by atoms with Crippen LogP contribution in [0.2, 0.25) is 0 Å². The number of benzene rings is 3. The Balaban J connectivity index is 2.03. The Morgan fingerprint density at radius 1 is 0.828 bits per heavy atom. The molecule has 0 aromatic heterocycles. The van der Waals surface area contributed by atoms with Crippen LogP contribution in [-0.2, 0) is 0 Å². The van der Waals surface area contributed by atoms with Crippen molar-refractivity contribution >= 4 is 27.1 Å². The minimum absolute atomic E-state index is 0.685. The molecule has 3 rings (SSSR count). The first kappa shape index (κ1) is 21.4. The second-order valence-electron chi connectivity index (χ2n) is 7.26. The van der Waals surface area contributed by atoms with Gasteiger partial charge in [-0.05, 0) is 72.6 Å². The first-order chi connectivity index (χ1) is 14.1. The number of hydrogen-bond acceptors (Lipinski definition) is 2. The first-order valence-corrected chi connectivity index (χ1v) is 10.8. The second-order valence-corrected chi connectivity index (χ2v) is 8.18. The smallest absolute Gasteiger partial charge is 0.119 e. The van der Waals surface area contributed by atoms with Gasteiger partial charge in [0.05, 0.1) is 0 Å². The monoisotopic (exact) mass is 449 g/mol. The molecule has 0 fully saturated rings. The van der Waals surface area contributed by atoms with Crippen molar-refractivity contribution in [2.45, 2.75) is 13.3 Å². The van der Waals surface area contributed by atoms with Crippen LogP contribution in [0.15, 0.2) is 83.3 Å². The number of rotatable bonds is 8. The summed E-state index contributed by atoms with van der Waals surface area (Å²) in [4.78, 5) is 2.12. The molecule has 3 heteroatoms. The van der Waals surface area contributed by atoms with Crippen molar-refractivity contribution in [3.05, 3.63) is 100 Å². The van der Waals surface area contributed by atoms with Gasteiger partial charge in [-0.2, -0.15) is 0 Å². The fourth-order valence-corrected chi connectivity index (χ4v) is 3.79. The highest BCUT2D eigenvalue weighted by atomic mass is 79.9. The molecule has 0 radical (unpaired) electrons. The van der Waals surface area contributed by atoms with E-state index in [4.69, 9.17) is 4.74 Å². The Kier molecular flexibility index (Phi) is 7.68. The van der Waals surface area contributed by atoms with E-state index in [0.29, 0.717) is 6.61 Å². The normalized spacial score (nSPS) is 12.0. The summed E-state index contributed by atoms with van der Waals surface area (Å²) < 4.78 is 6.97. The van der Waals surface area contributed by atoms with E-state index in [0.717, 1.165) is 23.2 Å². The van der Waals surface area contributed by atoms with Crippen molar-refractivity contribution in [2.75, 3.05) is 27.2 Å². The highest BCUT2D eigenvalue weighted by Gasteiger charge is 2.13.